The molecule has 4 heteroatoms. The largest absolute Gasteiger partial charge is 0.468 e. The SMILES string of the molecule is COC(=O)CNC(C)(C)C=O. The smallest absolute Gasteiger partial charge is 0.319 e. The molecule has 0 fully saturated rings. The van der Waals surface area contributed by atoms with Gasteiger partial charge in [0, 0.05) is 0 Å². The van der Waals surface area contributed by atoms with Crippen molar-refractivity contribution >= 4 is 12.3 Å². The van der Waals surface area contributed by atoms with Crippen molar-refractivity contribution in [2.75, 3.05) is 13.7 Å². The fraction of sp³-hybridized carbons (Fsp3) is 0.714. The van der Waals surface area contributed by atoms with Crippen molar-refractivity contribution < 1.29 is 14.3 Å². The van der Waals surface area contributed by atoms with Gasteiger partial charge >= 0.3 is 5.97 Å². The molecule has 4 nitrogen and oxygen atoms in total. The van der Waals surface area contributed by atoms with Gasteiger partial charge < -0.3 is 9.53 Å². The molecule has 0 aromatic heterocycles. The Morgan fingerprint density at radius 3 is 2.55 bits per heavy atom. The number of ether oxygens (including phenoxy) is 1. The molecule has 0 saturated carbocycles. The number of hydrogen-bond acceptors (Lipinski definition) is 4. The number of nitrogens with one attached hydrogen (secondary N) is 1. The molecule has 0 unspecified atom stereocenters. The van der Waals surface area contributed by atoms with Crippen molar-refractivity contribution in [3.05, 3.63) is 0 Å². The molecule has 0 radical (unpaired) electrons. The Kier molecular flexibility index (Phi) is 3.74. The molecule has 1 N–H and O–H groups in total. The predicted molar refractivity (Wildman–Crippen MR) is 40.2 cm³/mol. The maximum Gasteiger partial charge on any atom is 0.319 e. The number of carbonyl (C=O) groups excluding carboxylic acids is 2. The highest BCUT2D eigenvalue weighted by atomic mass is 16.5. The van der Waals surface area contributed by atoms with E-state index in [1.807, 2.05) is 0 Å². The first-order chi connectivity index (χ1) is 5.02. The van der Waals surface area contributed by atoms with E-state index in [0.717, 1.165) is 6.29 Å². The van der Waals surface area contributed by atoms with E-state index in [9.17, 15) is 9.59 Å². The van der Waals surface area contributed by atoms with Crippen molar-refractivity contribution in [2.45, 2.75) is 19.4 Å². The molecule has 0 rings (SSSR count). The summed E-state index contributed by atoms with van der Waals surface area (Å²) in [5.74, 6) is -0.375. The first kappa shape index (κ1) is 10.1. The van der Waals surface area contributed by atoms with Crippen LogP contribution in [0.3, 0.4) is 0 Å². The van der Waals surface area contributed by atoms with Gasteiger partial charge in [0.25, 0.3) is 0 Å². The lowest BCUT2D eigenvalue weighted by Gasteiger charge is -2.17. The topological polar surface area (TPSA) is 55.4 Å². The maximum atomic E-state index is 10.6. The Bertz CT molecular complexity index is 154. The first-order valence-electron chi connectivity index (χ1n) is 3.30. The highest BCUT2D eigenvalue weighted by Gasteiger charge is 2.16. The minimum atomic E-state index is -0.659. The Balaban J connectivity index is 3.69. The summed E-state index contributed by atoms with van der Waals surface area (Å²) in [5.41, 5.74) is -0.659. The highest BCUT2D eigenvalue weighted by molar-refractivity contribution is 5.73. The number of methoxy groups -OCH3 is 1. The van der Waals surface area contributed by atoms with Crippen LogP contribution in [0.2, 0.25) is 0 Å². The Morgan fingerprint density at radius 2 is 2.18 bits per heavy atom. The zero-order valence-electron chi connectivity index (χ0n) is 7.01. The third kappa shape index (κ3) is 4.50. The van der Waals surface area contributed by atoms with E-state index in [-0.39, 0.29) is 12.5 Å². The van der Waals surface area contributed by atoms with E-state index < -0.39 is 5.54 Å². The highest BCUT2D eigenvalue weighted by Crippen LogP contribution is 1.94. The molecule has 11 heavy (non-hydrogen) atoms. The number of hydrogen-bond donors (Lipinski definition) is 1. The minimum Gasteiger partial charge on any atom is -0.468 e. The lowest BCUT2D eigenvalue weighted by atomic mass is 10.1. The van der Waals surface area contributed by atoms with E-state index in [4.69, 9.17) is 0 Å². The third-order valence-electron chi connectivity index (χ3n) is 1.21. The van der Waals surface area contributed by atoms with Crippen LogP contribution in [-0.2, 0) is 14.3 Å². The summed E-state index contributed by atoms with van der Waals surface area (Å²) in [6.45, 7) is 3.42. The fourth-order valence-electron chi connectivity index (χ4n) is 0.414. The summed E-state index contributed by atoms with van der Waals surface area (Å²) in [6, 6.07) is 0. The minimum absolute atomic E-state index is 0.0578. The lowest BCUT2D eigenvalue weighted by Crippen LogP contribution is -2.43. The quantitative estimate of drug-likeness (QED) is 0.453. The van der Waals surface area contributed by atoms with Gasteiger partial charge in [-0.3, -0.25) is 10.1 Å². The summed E-state index contributed by atoms with van der Waals surface area (Å²) in [7, 11) is 1.30. The van der Waals surface area contributed by atoms with Crippen LogP contribution in [-0.4, -0.2) is 31.4 Å². The van der Waals surface area contributed by atoms with Crippen molar-refractivity contribution in [1.82, 2.24) is 5.32 Å². The maximum absolute atomic E-state index is 10.6. The predicted octanol–water partition coefficient (Wildman–Crippen LogP) is -0.274. The second-order valence-corrected chi connectivity index (χ2v) is 2.77. The zero-order valence-corrected chi connectivity index (χ0v) is 7.01. The summed E-state index contributed by atoms with van der Waals surface area (Å²) in [6.07, 6.45) is 0.746. The van der Waals surface area contributed by atoms with E-state index in [0.29, 0.717) is 0 Å². The van der Waals surface area contributed by atoms with Gasteiger partial charge in [0.2, 0.25) is 0 Å². The summed E-state index contributed by atoms with van der Waals surface area (Å²) in [4.78, 5) is 20.9. The van der Waals surface area contributed by atoms with E-state index in [1.54, 1.807) is 13.8 Å². The number of esters is 1. The van der Waals surface area contributed by atoms with Gasteiger partial charge in [-0.25, -0.2) is 0 Å². The van der Waals surface area contributed by atoms with Gasteiger partial charge in [-0.2, -0.15) is 0 Å². The number of aldehydes is 1. The fourth-order valence-corrected chi connectivity index (χ4v) is 0.414. The average Bonchev–Trinajstić information content (AvgIpc) is 2.00. The molecule has 0 atom stereocenters. The number of carbonyl (C=O) groups is 2. The van der Waals surface area contributed by atoms with Crippen LogP contribution in [0, 0.1) is 0 Å². The molecule has 0 saturated heterocycles. The molecule has 0 heterocycles. The van der Waals surface area contributed by atoms with Gasteiger partial charge in [-0.05, 0) is 13.8 Å². The average molecular weight is 159 g/mol. The van der Waals surface area contributed by atoms with Crippen molar-refractivity contribution in [3.63, 3.8) is 0 Å². The van der Waals surface area contributed by atoms with Gasteiger partial charge in [0.15, 0.2) is 0 Å². The van der Waals surface area contributed by atoms with Crippen LogP contribution in [0.25, 0.3) is 0 Å². The Morgan fingerprint density at radius 1 is 1.64 bits per heavy atom. The normalized spacial score (nSPS) is 10.8. The zero-order chi connectivity index (χ0) is 8.91. The summed E-state index contributed by atoms with van der Waals surface area (Å²) < 4.78 is 4.37. The Labute approximate surface area is 65.9 Å². The third-order valence-corrected chi connectivity index (χ3v) is 1.21. The van der Waals surface area contributed by atoms with Gasteiger partial charge in [-0.1, -0.05) is 0 Å². The van der Waals surface area contributed by atoms with Crippen LogP contribution in [0.1, 0.15) is 13.8 Å². The molecule has 0 amide bonds. The molecule has 0 aliphatic heterocycles. The van der Waals surface area contributed by atoms with Crippen molar-refractivity contribution in [2.24, 2.45) is 0 Å². The van der Waals surface area contributed by atoms with Gasteiger partial charge in [0.1, 0.15) is 6.29 Å². The second-order valence-electron chi connectivity index (χ2n) is 2.77. The first-order valence-corrected chi connectivity index (χ1v) is 3.30. The van der Waals surface area contributed by atoms with Crippen LogP contribution in [0.15, 0.2) is 0 Å². The van der Waals surface area contributed by atoms with Gasteiger partial charge in [-0.15, -0.1) is 0 Å². The molecular weight excluding hydrogens is 146 g/mol. The molecule has 0 spiro atoms. The molecule has 64 valence electrons. The standard InChI is InChI=1S/C7H13NO3/c1-7(2,5-9)8-4-6(10)11-3/h5,8H,4H2,1-3H3. The van der Waals surface area contributed by atoms with E-state index in [1.165, 1.54) is 7.11 Å². The van der Waals surface area contributed by atoms with E-state index in [2.05, 4.69) is 10.1 Å². The molecular formula is C7H13NO3. The molecule has 0 aromatic carbocycles. The second kappa shape index (κ2) is 4.08. The van der Waals surface area contributed by atoms with Crippen LogP contribution in [0.5, 0.6) is 0 Å². The van der Waals surface area contributed by atoms with Gasteiger partial charge in [0.05, 0.1) is 19.2 Å². The van der Waals surface area contributed by atoms with Crippen molar-refractivity contribution in [1.29, 1.82) is 0 Å². The lowest BCUT2D eigenvalue weighted by molar-refractivity contribution is -0.139. The summed E-state index contributed by atoms with van der Waals surface area (Å²) >= 11 is 0. The van der Waals surface area contributed by atoms with Crippen molar-refractivity contribution in [3.8, 4) is 0 Å². The van der Waals surface area contributed by atoms with Crippen LogP contribution >= 0.6 is 0 Å². The molecule has 0 bridgehead atoms. The Hall–Kier alpha value is -0.900. The number of rotatable bonds is 4. The molecule has 0 aliphatic rings. The van der Waals surface area contributed by atoms with Crippen LogP contribution in [0.4, 0.5) is 0 Å². The molecule has 0 aromatic rings. The van der Waals surface area contributed by atoms with E-state index >= 15 is 0 Å². The summed E-state index contributed by atoms with van der Waals surface area (Å²) in [5, 5.41) is 2.72. The monoisotopic (exact) mass is 159 g/mol. The van der Waals surface area contributed by atoms with Crippen LogP contribution < -0.4 is 5.32 Å². The molecule has 0 aliphatic carbocycles.